The van der Waals surface area contributed by atoms with E-state index in [0.29, 0.717) is 48.0 Å². The van der Waals surface area contributed by atoms with Crippen molar-refractivity contribution in [2.75, 3.05) is 25.0 Å². The molecule has 0 spiro atoms. The van der Waals surface area contributed by atoms with Gasteiger partial charge in [-0.05, 0) is 37.3 Å². The van der Waals surface area contributed by atoms with E-state index in [9.17, 15) is 9.59 Å². The van der Waals surface area contributed by atoms with Crippen LogP contribution in [0.15, 0.2) is 39.2 Å². The van der Waals surface area contributed by atoms with E-state index in [1.54, 1.807) is 18.2 Å². The van der Waals surface area contributed by atoms with Gasteiger partial charge in [0, 0.05) is 18.7 Å². The number of nitrogens with one attached hydrogen (secondary N) is 1. The van der Waals surface area contributed by atoms with Crippen molar-refractivity contribution in [3.63, 3.8) is 0 Å². The van der Waals surface area contributed by atoms with Crippen molar-refractivity contribution < 1.29 is 23.2 Å². The van der Waals surface area contributed by atoms with Gasteiger partial charge in [0.15, 0.2) is 11.5 Å². The third-order valence-electron chi connectivity index (χ3n) is 4.62. The van der Waals surface area contributed by atoms with E-state index in [-0.39, 0.29) is 12.6 Å². The molecule has 28 heavy (non-hydrogen) atoms. The standard InChI is InChI=1S/C20H21N3O5/c1-3-18-22-14-10-13(5-7-15(14)28-18)21-19(24)20(25)23-8-9-26-17(11-23)16-6-4-12(2)27-16/h4-7,10,17H,3,8-9,11H2,1-2H3,(H,21,24)/t17-/m1/s1. The zero-order valence-corrected chi connectivity index (χ0v) is 15.7. The van der Waals surface area contributed by atoms with Crippen molar-refractivity contribution in [3.05, 3.63) is 47.7 Å². The van der Waals surface area contributed by atoms with Crippen molar-refractivity contribution >= 4 is 28.6 Å². The number of aromatic nitrogens is 1. The average Bonchev–Trinajstić information content (AvgIpc) is 3.33. The second-order valence-corrected chi connectivity index (χ2v) is 6.66. The smallest absolute Gasteiger partial charge is 0.313 e. The van der Waals surface area contributed by atoms with E-state index < -0.39 is 11.8 Å². The minimum Gasteiger partial charge on any atom is -0.464 e. The van der Waals surface area contributed by atoms with Crippen LogP contribution >= 0.6 is 0 Å². The van der Waals surface area contributed by atoms with Crippen LogP contribution in [0.2, 0.25) is 0 Å². The number of oxazole rings is 1. The highest BCUT2D eigenvalue weighted by Crippen LogP contribution is 2.24. The number of hydrogen-bond acceptors (Lipinski definition) is 6. The molecule has 2 amide bonds. The summed E-state index contributed by atoms with van der Waals surface area (Å²) in [6, 6.07) is 8.77. The van der Waals surface area contributed by atoms with Gasteiger partial charge >= 0.3 is 11.8 Å². The fraction of sp³-hybridized carbons (Fsp3) is 0.350. The van der Waals surface area contributed by atoms with E-state index in [4.69, 9.17) is 13.6 Å². The number of fused-ring (bicyclic) bond motifs is 1. The highest BCUT2D eigenvalue weighted by atomic mass is 16.5. The molecule has 1 aliphatic rings. The van der Waals surface area contributed by atoms with Crippen LogP contribution in [0, 0.1) is 6.92 Å². The number of amides is 2. The predicted octanol–water partition coefficient (Wildman–Crippen LogP) is 2.83. The second-order valence-electron chi connectivity index (χ2n) is 6.66. The first-order valence-corrected chi connectivity index (χ1v) is 9.21. The summed E-state index contributed by atoms with van der Waals surface area (Å²) in [5, 5.41) is 2.64. The number of aryl methyl sites for hydroxylation is 2. The summed E-state index contributed by atoms with van der Waals surface area (Å²) >= 11 is 0. The molecule has 1 aromatic carbocycles. The Morgan fingerprint density at radius 2 is 2.11 bits per heavy atom. The van der Waals surface area contributed by atoms with E-state index in [0.717, 1.165) is 5.76 Å². The molecule has 1 atom stereocenters. The SMILES string of the molecule is CCc1nc2cc(NC(=O)C(=O)N3CCO[C@@H](c4ccc(C)o4)C3)ccc2o1. The topological polar surface area (TPSA) is 97.8 Å². The minimum atomic E-state index is -0.699. The molecule has 146 valence electrons. The van der Waals surface area contributed by atoms with E-state index in [2.05, 4.69) is 10.3 Å². The Balaban J connectivity index is 1.43. The molecule has 8 nitrogen and oxygen atoms in total. The number of benzene rings is 1. The first-order chi connectivity index (χ1) is 13.5. The van der Waals surface area contributed by atoms with Gasteiger partial charge in [0.05, 0.1) is 13.2 Å². The lowest BCUT2D eigenvalue weighted by Gasteiger charge is -2.31. The summed E-state index contributed by atoms with van der Waals surface area (Å²) in [6.07, 6.45) is 0.306. The number of nitrogens with zero attached hydrogens (tertiary/aromatic N) is 2. The Morgan fingerprint density at radius 1 is 1.25 bits per heavy atom. The normalized spacial score (nSPS) is 17.1. The van der Waals surface area contributed by atoms with Crippen molar-refractivity contribution in [2.24, 2.45) is 0 Å². The summed E-state index contributed by atoms with van der Waals surface area (Å²) in [6.45, 7) is 4.75. The Bertz CT molecular complexity index is 1020. The second kappa shape index (κ2) is 7.47. The van der Waals surface area contributed by atoms with Crippen LogP contribution in [0.3, 0.4) is 0 Å². The quantitative estimate of drug-likeness (QED) is 0.699. The molecule has 1 fully saturated rings. The summed E-state index contributed by atoms with van der Waals surface area (Å²) in [5.74, 6) is 0.746. The molecule has 1 aliphatic heterocycles. The van der Waals surface area contributed by atoms with Crippen LogP contribution in [0.5, 0.6) is 0 Å². The molecule has 1 N–H and O–H groups in total. The Labute approximate surface area is 161 Å². The van der Waals surface area contributed by atoms with Crippen LogP contribution in [0.4, 0.5) is 5.69 Å². The predicted molar refractivity (Wildman–Crippen MR) is 101 cm³/mol. The van der Waals surface area contributed by atoms with Crippen LogP contribution in [-0.4, -0.2) is 41.4 Å². The fourth-order valence-corrected chi connectivity index (χ4v) is 3.16. The number of furan rings is 1. The van der Waals surface area contributed by atoms with Crippen molar-refractivity contribution in [1.82, 2.24) is 9.88 Å². The maximum absolute atomic E-state index is 12.6. The average molecular weight is 383 g/mol. The Morgan fingerprint density at radius 3 is 2.86 bits per heavy atom. The lowest BCUT2D eigenvalue weighted by Crippen LogP contribution is -2.46. The van der Waals surface area contributed by atoms with Crippen molar-refractivity contribution in [3.8, 4) is 0 Å². The van der Waals surface area contributed by atoms with Gasteiger partial charge in [-0.3, -0.25) is 9.59 Å². The third kappa shape index (κ3) is 3.63. The summed E-state index contributed by atoms with van der Waals surface area (Å²) < 4.78 is 16.8. The molecular weight excluding hydrogens is 362 g/mol. The van der Waals surface area contributed by atoms with Crippen LogP contribution in [-0.2, 0) is 20.7 Å². The maximum atomic E-state index is 12.6. The number of carbonyl (C=O) groups excluding carboxylic acids is 2. The summed E-state index contributed by atoms with van der Waals surface area (Å²) in [7, 11) is 0. The van der Waals surface area contributed by atoms with Crippen LogP contribution in [0.25, 0.3) is 11.1 Å². The first-order valence-electron chi connectivity index (χ1n) is 9.21. The monoisotopic (exact) mass is 383 g/mol. The minimum absolute atomic E-state index is 0.265. The Kier molecular flexibility index (Phi) is 4.87. The van der Waals surface area contributed by atoms with Crippen LogP contribution in [0.1, 0.15) is 30.4 Å². The fourth-order valence-electron chi connectivity index (χ4n) is 3.16. The molecule has 0 saturated carbocycles. The lowest BCUT2D eigenvalue weighted by molar-refractivity contribution is -0.148. The number of ether oxygens (including phenoxy) is 1. The molecule has 3 aromatic rings. The van der Waals surface area contributed by atoms with Gasteiger partial charge in [-0.1, -0.05) is 6.92 Å². The van der Waals surface area contributed by atoms with Gasteiger partial charge in [0.1, 0.15) is 23.1 Å². The number of hydrogen-bond donors (Lipinski definition) is 1. The zero-order valence-electron chi connectivity index (χ0n) is 15.7. The zero-order chi connectivity index (χ0) is 19.7. The molecule has 0 unspecified atom stereocenters. The number of carbonyl (C=O) groups is 2. The van der Waals surface area contributed by atoms with Crippen molar-refractivity contribution in [2.45, 2.75) is 26.4 Å². The number of anilines is 1. The lowest BCUT2D eigenvalue weighted by atomic mass is 10.2. The summed E-state index contributed by atoms with van der Waals surface area (Å²) in [5.41, 5.74) is 1.78. The van der Waals surface area contributed by atoms with Gasteiger partial charge in [-0.2, -0.15) is 0 Å². The Hall–Kier alpha value is -3.13. The summed E-state index contributed by atoms with van der Waals surface area (Å²) in [4.78, 5) is 30.9. The van der Waals surface area contributed by atoms with E-state index in [1.807, 2.05) is 26.0 Å². The van der Waals surface area contributed by atoms with E-state index in [1.165, 1.54) is 4.90 Å². The molecule has 3 heterocycles. The maximum Gasteiger partial charge on any atom is 0.313 e. The molecule has 0 radical (unpaired) electrons. The highest BCUT2D eigenvalue weighted by Gasteiger charge is 2.30. The van der Waals surface area contributed by atoms with Gasteiger partial charge < -0.3 is 23.8 Å². The number of morpholine rings is 1. The van der Waals surface area contributed by atoms with Crippen molar-refractivity contribution in [1.29, 1.82) is 0 Å². The number of rotatable bonds is 3. The van der Waals surface area contributed by atoms with Gasteiger partial charge in [-0.25, -0.2) is 4.98 Å². The van der Waals surface area contributed by atoms with Gasteiger partial charge in [0.25, 0.3) is 0 Å². The van der Waals surface area contributed by atoms with E-state index >= 15 is 0 Å². The highest BCUT2D eigenvalue weighted by molar-refractivity contribution is 6.39. The van der Waals surface area contributed by atoms with Crippen LogP contribution < -0.4 is 5.32 Å². The third-order valence-corrected chi connectivity index (χ3v) is 4.62. The largest absolute Gasteiger partial charge is 0.464 e. The molecular formula is C20H21N3O5. The molecule has 1 saturated heterocycles. The molecule has 0 aliphatic carbocycles. The molecule has 0 bridgehead atoms. The van der Waals surface area contributed by atoms with Gasteiger partial charge in [0.2, 0.25) is 0 Å². The first kappa shape index (κ1) is 18.2. The molecule has 8 heteroatoms. The molecule has 2 aromatic heterocycles. The molecule has 4 rings (SSSR count). The van der Waals surface area contributed by atoms with Gasteiger partial charge in [-0.15, -0.1) is 0 Å².